The molecule has 1 aromatic heterocycles. The van der Waals surface area contributed by atoms with Gasteiger partial charge in [0.05, 0.1) is 26.9 Å². The Balaban J connectivity index is 1.64. The molecule has 0 aliphatic carbocycles. The van der Waals surface area contributed by atoms with E-state index in [9.17, 15) is 9.59 Å². The second-order valence-electron chi connectivity index (χ2n) is 10.2. The number of hydrogen-bond donors (Lipinski definition) is 0. The van der Waals surface area contributed by atoms with Gasteiger partial charge in [-0.1, -0.05) is 48.5 Å². The highest BCUT2D eigenvalue weighted by Gasteiger charge is 2.31. The second kappa shape index (κ2) is 15.7. The molecule has 9 nitrogen and oxygen atoms in total. The lowest BCUT2D eigenvalue weighted by Crippen LogP contribution is -2.51. The lowest BCUT2D eigenvalue weighted by atomic mass is 10.0. The van der Waals surface area contributed by atoms with Crippen LogP contribution in [0.5, 0.6) is 5.75 Å². The largest absolute Gasteiger partial charge is 0.497 e. The zero-order chi connectivity index (χ0) is 29.7. The Kier molecular flexibility index (Phi) is 11.5. The van der Waals surface area contributed by atoms with E-state index in [1.54, 1.807) is 43.3 Å². The average Bonchev–Trinajstić information content (AvgIpc) is 3.05. The van der Waals surface area contributed by atoms with Crippen LogP contribution in [0.25, 0.3) is 6.08 Å². The molecule has 2 aromatic carbocycles. The number of aromatic nitrogens is 1. The van der Waals surface area contributed by atoms with Crippen LogP contribution < -0.4 is 9.64 Å². The van der Waals surface area contributed by atoms with Crippen LogP contribution in [0.15, 0.2) is 79.0 Å². The summed E-state index contributed by atoms with van der Waals surface area (Å²) in [4.78, 5) is 37.9. The summed E-state index contributed by atoms with van der Waals surface area (Å²) < 4.78 is 15.9. The molecule has 0 N–H and O–H groups in total. The minimum Gasteiger partial charge on any atom is -0.497 e. The number of carbonyl (C=O) groups excluding carboxylic acids is 2. The molecule has 2 amide bonds. The zero-order valence-electron chi connectivity index (χ0n) is 24.6. The van der Waals surface area contributed by atoms with E-state index >= 15 is 0 Å². The number of nitrogens with zero attached hydrogens (tertiary/aromatic N) is 4. The number of pyridine rings is 1. The number of anilines is 1. The number of hydrogen-bond acceptors (Lipinski definition) is 7. The number of carbonyl (C=O) groups is 2. The molecule has 1 aliphatic rings. The number of benzene rings is 2. The Labute approximate surface area is 248 Å². The van der Waals surface area contributed by atoms with Crippen molar-refractivity contribution in [2.45, 2.75) is 19.0 Å². The van der Waals surface area contributed by atoms with Gasteiger partial charge in [0.15, 0.2) is 0 Å². The molecule has 1 aliphatic heterocycles. The van der Waals surface area contributed by atoms with Crippen LogP contribution in [0.3, 0.4) is 0 Å². The lowest BCUT2D eigenvalue weighted by Gasteiger charge is -2.33. The molecule has 42 heavy (non-hydrogen) atoms. The molecule has 3 aromatic rings. The minimum atomic E-state index is -0.735. The van der Waals surface area contributed by atoms with Crippen LogP contribution in [0.2, 0.25) is 0 Å². The van der Waals surface area contributed by atoms with Gasteiger partial charge in [-0.15, -0.1) is 0 Å². The molecular weight excluding hydrogens is 532 g/mol. The fourth-order valence-corrected chi connectivity index (χ4v) is 4.77. The third-order valence-corrected chi connectivity index (χ3v) is 7.25. The highest BCUT2D eigenvalue weighted by atomic mass is 16.5. The molecule has 1 saturated heterocycles. The van der Waals surface area contributed by atoms with Gasteiger partial charge in [-0.2, -0.15) is 0 Å². The van der Waals surface area contributed by atoms with Crippen LogP contribution in [-0.2, 0) is 32.0 Å². The Hall–Kier alpha value is -4.21. The third kappa shape index (κ3) is 8.64. The number of amides is 2. The molecule has 9 heteroatoms. The molecule has 1 atom stereocenters. The standard InChI is InChI=1S/C33H40N4O5/c1-35(17-20-40-2)33(39)30(23-27-7-5-4-6-8-27)37(32(38)16-12-26-9-13-29(41-3)14-10-26)25-28-11-15-31(34-24-28)36-18-21-42-22-19-36/h4-16,24,30H,17-23,25H2,1-3H3/b16-12+/t30-/m0/s1. The number of ether oxygens (including phenoxy) is 3. The molecule has 0 bridgehead atoms. The normalized spacial score (nSPS) is 14.0. The van der Waals surface area contributed by atoms with Gasteiger partial charge >= 0.3 is 0 Å². The number of rotatable bonds is 13. The molecular formula is C33H40N4O5. The molecule has 0 unspecified atom stereocenters. The number of methoxy groups -OCH3 is 2. The highest BCUT2D eigenvalue weighted by molar-refractivity contribution is 5.95. The Morgan fingerprint density at radius 2 is 1.74 bits per heavy atom. The van der Waals surface area contributed by atoms with Crippen LogP contribution in [-0.4, -0.2) is 93.4 Å². The van der Waals surface area contributed by atoms with E-state index in [4.69, 9.17) is 14.2 Å². The summed E-state index contributed by atoms with van der Waals surface area (Å²) in [5, 5.41) is 0. The van der Waals surface area contributed by atoms with Gasteiger partial charge < -0.3 is 28.9 Å². The molecule has 0 radical (unpaired) electrons. The summed E-state index contributed by atoms with van der Waals surface area (Å²) >= 11 is 0. The van der Waals surface area contributed by atoms with Crippen molar-refractivity contribution >= 4 is 23.7 Å². The topological polar surface area (TPSA) is 84.4 Å². The molecule has 222 valence electrons. The summed E-state index contributed by atoms with van der Waals surface area (Å²) in [6.45, 7) is 3.96. The van der Waals surface area contributed by atoms with E-state index in [0.717, 1.165) is 41.3 Å². The smallest absolute Gasteiger partial charge is 0.247 e. The fourth-order valence-electron chi connectivity index (χ4n) is 4.77. The monoisotopic (exact) mass is 572 g/mol. The zero-order valence-corrected chi connectivity index (χ0v) is 24.6. The van der Waals surface area contributed by atoms with Crippen molar-refractivity contribution in [1.82, 2.24) is 14.8 Å². The minimum absolute atomic E-state index is 0.153. The van der Waals surface area contributed by atoms with Crippen LogP contribution >= 0.6 is 0 Å². The first-order chi connectivity index (χ1) is 20.5. The summed E-state index contributed by atoms with van der Waals surface area (Å²) in [5.74, 6) is 1.19. The van der Waals surface area contributed by atoms with Crippen molar-refractivity contribution in [3.05, 3.63) is 95.7 Å². The Morgan fingerprint density at radius 1 is 1.00 bits per heavy atom. The number of morpholine rings is 1. The maximum absolute atomic E-state index is 13.9. The highest BCUT2D eigenvalue weighted by Crippen LogP contribution is 2.20. The first-order valence-corrected chi connectivity index (χ1v) is 14.2. The Morgan fingerprint density at radius 3 is 2.38 bits per heavy atom. The van der Waals surface area contributed by atoms with Crippen molar-refractivity contribution in [2.75, 3.05) is 65.6 Å². The van der Waals surface area contributed by atoms with E-state index in [-0.39, 0.29) is 18.4 Å². The van der Waals surface area contributed by atoms with Gasteiger partial charge in [0.2, 0.25) is 11.8 Å². The molecule has 2 heterocycles. The van der Waals surface area contributed by atoms with Crippen molar-refractivity contribution < 1.29 is 23.8 Å². The summed E-state index contributed by atoms with van der Waals surface area (Å²) in [7, 11) is 4.96. The Bertz CT molecular complexity index is 1290. The van der Waals surface area contributed by atoms with Gasteiger partial charge in [0.1, 0.15) is 17.6 Å². The van der Waals surface area contributed by atoms with Gasteiger partial charge in [-0.05, 0) is 41.0 Å². The van der Waals surface area contributed by atoms with E-state index in [0.29, 0.717) is 32.8 Å². The van der Waals surface area contributed by atoms with Gasteiger partial charge in [0, 0.05) is 59.0 Å². The number of likely N-dealkylation sites (N-methyl/N-ethyl adjacent to an activating group) is 1. The molecule has 0 saturated carbocycles. The average molecular weight is 573 g/mol. The van der Waals surface area contributed by atoms with E-state index in [1.807, 2.05) is 66.7 Å². The molecule has 4 rings (SSSR count). The van der Waals surface area contributed by atoms with Crippen molar-refractivity contribution in [2.24, 2.45) is 0 Å². The van der Waals surface area contributed by atoms with Crippen LogP contribution in [0.4, 0.5) is 5.82 Å². The second-order valence-corrected chi connectivity index (χ2v) is 10.2. The van der Waals surface area contributed by atoms with Crippen LogP contribution in [0, 0.1) is 0 Å². The van der Waals surface area contributed by atoms with Crippen molar-refractivity contribution in [3.8, 4) is 5.75 Å². The van der Waals surface area contributed by atoms with E-state index < -0.39 is 6.04 Å². The first kappa shape index (κ1) is 30.7. The van der Waals surface area contributed by atoms with Gasteiger partial charge in [0.25, 0.3) is 0 Å². The summed E-state index contributed by atoms with van der Waals surface area (Å²) in [6.07, 6.45) is 5.44. The quantitative estimate of drug-likeness (QED) is 0.289. The fraction of sp³-hybridized carbons (Fsp3) is 0.364. The lowest BCUT2D eigenvalue weighted by molar-refractivity contribution is -0.143. The predicted molar refractivity (Wildman–Crippen MR) is 163 cm³/mol. The van der Waals surface area contributed by atoms with Gasteiger partial charge in [-0.3, -0.25) is 9.59 Å². The van der Waals surface area contributed by atoms with Crippen molar-refractivity contribution in [3.63, 3.8) is 0 Å². The van der Waals surface area contributed by atoms with E-state index in [2.05, 4.69) is 9.88 Å². The van der Waals surface area contributed by atoms with Gasteiger partial charge in [-0.25, -0.2) is 4.98 Å². The summed E-state index contributed by atoms with van der Waals surface area (Å²) in [6, 6.07) is 20.4. The predicted octanol–water partition coefficient (Wildman–Crippen LogP) is 3.68. The van der Waals surface area contributed by atoms with E-state index in [1.165, 1.54) is 6.08 Å². The maximum atomic E-state index is 13.9. The third-order valence-electron chi connectivity index (χ3n) is 7.25. The maximum Gasteiger partial charge on any atom is 0.247 e. The molecule has 0 spiro atoms. The SMILES string of the molecule is COCCN(C)C(=O)[C@H](Cc1ccccc1)N(Cc1ccc(N2CCOCC2)nc1)C(=O)/C=C/c1ccc(OC)cc1. The van der Waals surface area contributed by atoms with Crippen molar-refractivity contribution in [1.29, 1.82) is 0 Å². The first-order valence-electron chi connectivity index (χ1n) is 14.2. The van der Waals surface area contributed by atoms with Crippen LogP contribution in [0.1, 0.15) is 16.7 Å². The molecule has 1 fully saturated rings. The summed E-state index contributed by atoms with van der Waals surface area (Å²) in [5.41, 5.74) is 2.65.